The summed E-state index contributed by atoms with van der Waals surface area (Å²) in [7, 11) is 0.846. The highest BCUT2D eigenvalue weighted by atomic mass is 35.8. The summed E-state index contributed by atoms with van der Waals surface area (Å²) in [4.78, 5) is 0. The molecule has 0 aliphatic rings. The van der Waals surface area contributed by atoms with Crippen LogP contribution in [0.3, 0.4) is 0 Å². The van der Waals surface area contributed by atoms with Gasteiger partial charge in [0.2, 0.25) is 0 Å². The van der Waals surface area contributed by atoms with Crippen LogP contribution in [0.4, 0.5) is 0 Å². The van der Waals surface area contributed by atoms with E-state index in [1.165, 1.54) is 0 Å². The molecule has 0 N–H and O–H groups in total. The summed E-state index contributed by atoms with van der Waals surface area (Å²) in [5.41, 5.74) is 0. The average molecular weight is 262 g/mol. The van der Waals surface area contributed by atoms with Crippen molar-refractivity contribution in [3.8, 4) is 0 Å². The van der Waals surface area contributed by atoms with E-state index in [-0.39, 0.29) is 0 Å². The molecule has 0 aromatic heterocycles. The van der Waals surface area contributed by atoms with Crippen LogP contribution in [0.15, 0.2) is 0 Å². The Bertz CT molecular complexity index is 95.6. The Morgan fingerprint density at radius 1 is 1.22 bits per heavy atom. The Hall–Kier alpha value is 1.88. The molecule has 0 aromatic carbocycles. The van der Waals surface area contributed by atoms with Crippen molar-refractivity contribution in [1.29, 1.82) is 0 Å². The molecule has 0 bridgehead atoms. The van der Waals surface area contributed by atoms with E-state index in [1.54, 1.807) is 0 Å². The lowest BCUT2D eigenvalue weighted by atomic mass is 10.9. The molecule has 0 spiro atoms. The number of alkyl halides is 2. The van der Waals surface area contributed by atoms with E-state index in [2.05, 4.69) is 0 Å². The SMILES string of the molecule is [SiH3]CC(Cl)(Cl)[Si](Cl)(Cl)Cl. The molecular formula is C2H5Cl5Si2. The Balaban J connectivity index is 4.14. The zero-order valence-electron chi connectivity index (χ0n) is 4.60. The van der Waals surface area contributed by atoms with Crippen LogP contribution < -0.4 is 0 Å². The smallest absolute Gasteiger partial charge is 0.123 e. The van der Waals surface area contributed by atoms with E-state index < -0.39 is 9.96 Å². The van der Waals surface area contributed by atoms with Gasteiger partial charge in [0.15, 0.2) is 0 Å². The van der Waals surface area contributed by atoms with Gasteiger partial charge in [0, 0.05) is 10.2 Å². The first-order valence-electron chi connectivity index (χ1n) is 2.26. The molecule has 0 amide bonds. The third kappa shape index (κ3) is 3.19. The summed E-state index contributed by atoms with van der Waals surface area (Å²) in [5, 5.41) is 0. The molecule has 0 saturated heterocycles. The second kappa shape index (κ2) is 3.52. The summed E-state index contributed by atoms with van der Waals surface area (Å²) in [6.45, 7) is 0. The molecule has 0 heterocycles. The number of rotatable bonds is 2. The van der Waals surface area contributed by atoms with E-state index in [9.17, 15) is 0 Å². The van der Waals surface area contributed by atoms with Crippen LogP contribution in [-0.2, 0) is 0 Å². The van der Waals surface area contributed by atoms with E-state index in [0.717, 1.165) is 10.2 Å². The van der Waals surface area contributed by atoms with Gasteiger partial charge in [-0.05, 0) is 6.04 Å². The van der Waals surface area contributed by atoms with Crippen molar-refractivity contribution >= 4 is 72.7 Å². The summed E-state index contributed by atoms with van der Waals surface area (Å²) < 4.78 is -1.08. The minimum absolute atomic E-state index is 0.596. The minimum Gasteiger partial charge on any atom is -0.123 e. The van der Waals surface area contributed by atoms with Gasteiger partial charge in [0.25, 0.3) is 0 Å². The third-order valence-corrected chi connectivity index (χ3v) is 11.6. The molecule has 0 atom stereocenters. The van der Waals surface area contributed by atoms with Gasteiger partial charge in [0.05, 0.1) is 0 Å². The van der Waals surface area contributed by atoms with Crippen molar-refractivity contribution in [2.45, 2.75) is 10.0 Å². The van der Waals surface area contributed by atoms with Gasteiger partial charge < -0.3 is 0 Å². The van der Waals surface area contributed by atoms with Crippen LogP contribution >= 0.6 is 56.4 Å². The maximum atomic E-state index is 5.66. The second-order valence-electron chi connectivity index (χ2n) is 1.56. The normalized spacial score (nSPS) is 14.3. The van der Waals surface area contributed by atoms with Gasteiger partial charge in [-0.25, -0.2) is 0 Å². The zero-order valence-corrected chi connectivity index (χ0v) is 11.4. The first kappa shape index (κ1) is 10.9. The molecular weight excluding hydrogens is 257 g/mol. The van der Waals surface area contributed by atoms with Crippen molar-refractivity contribution in [1.82, 2.24) is 0 Å². The van der Waals surface area contributed by atoms with Crippen molar-refractivity contribution < 1.29 is 0 Å². The van der Waals surface area contributed by atoms with Gasteiger partial charge >= 0.3 is 6.00 Å². The zero-order chi connectivity index (χ0) is 7.71. The molecule has 0 radical (unpaired) electrons. The fourth-order valence-electron chi connectivity index (χ4n) is 0.200. The molecule has 0 rings (SSSR count). The van der Waals surface area contributed by atoms with Crippen LogP contribution in [0, 0.1) is 0 Å². The van der Waals surface area contributed by atoms with Crippen molar-refractivity contribution in [2.75, 3.05) is 0 Å². The molecule has 0 aliphatic heterocycles. The van der Waals surface area contributed by atoms with Crippen LogP contribution in [0.1, 0.15) is 0 Å². The first-order chi connectivity index (χ1) is 3.81. The van der Waals surface area contributed by atoms with E-state index >= 15 is 0 Å². The highest BCUT2D eigenvalue weighted by Crippen LogP contribution is 2.43. The lowest BCUT2D eigenvalue weighted by Crippen LogP contribution is -2.35. The second-order valence-corrected chi connectivity index (χ2v) is 13.1. The molecule has 0 saturated carbocycles. The Labute approximate surface area is 82.3 Å². The van der Waals surface area contributed by atoms with Crippen LogP contribution in [0.25, 0.3) is 0 Å². The predicted molar refractivity (Wildman–Crippen MR) is 52.5 cm³/mol. The Kier molecular flexibility index (Phi) is 4.26. The monoisotopic (exact) mass is 260 g/mol. The topological polar surface area (TPSA) is 0 Å². The van der Waals surface area contributed by atoms with Crippen molar-refractivity contribution in [3.05, 3.63) is 0 Å². The Morgan fingerprint density at radius 2 is 1.56 bits per heavy atom. The quantitative estimate of drug-likeness (QED) is 0.406. The lowest BCUT2D eigenvalue weighted by Gasteiger charge is -2.22. The van der Waals surface area contributed by atoms with E-state index in [4.69, 9.17) is 56.4 Å². The van der Waals surface area contributed by atoms with E-state index in [0.29, 0.717) is 6.04 Å². The highest BCUT2D eigenvalue weighted by molar-refractivity contribution is 7.68. The lowest BCUT2D eigenvalue weighted by molar-refractivity contribution is 1.23. The third-order valence-electron chi connectivity index (χ3n) is 0.859. The fraction of sp³-hybridized carbons (Fsp3) is 1.00. The highest BCUT2D eigenvalue weighted by Gasteiger charge is 2.47. The largest absolute Gasteiger partial charge is 0.376 e. The van der Waals surface area contributed by atoms with Crippen LogP contribution in [-0.4, -0.2) is 20.2 Å². The molecule has 7 heteroatoms. The maximum Gasteiger partial charge on any atom is 0.376 e. The average Bonchev–Trinajstić information content (AvgIpc) is 1.64. The number of hydrogen-bond acceptors (Lipinski definition) is 0. The molecule has 0 fully saturated rings. The molecule has 0 unspecified atom stereocenters. The number of halogens is 5. The molecule has 56 valence electrons. The molecule has 0 aliphatic carbocycles. The van der Waals surface area contributed by atoms with Crippen LogP contribution in [0.2, 0.25) is 6.04 Å². The minimum atomic E-state index is -2.90. The molecule has 9 heavy (non-hydrogen) atoms. The van der Waals surface area contributed by atoms with E-state index in [1.807, 2.05) is 0 Å². The summed E-state index contributed by atoms with van der Waals surface area (Å²) in [6.07, 6.45) is 0. The maximum absolute atomic E-state index is 5.66. The van der Waals surface area contributed by atoms with Gasteiger partial charge in [-0.2, -0.15) is 0 Å². The van der Waals surface area contributed by atoms with Crippen molar-refractivity contribution in [3.63, 3.8) is 0 Å². The van der Waals surface area contributed by atoms with Gasteiger partial charge in [-0.3, -0.25) is 0 Å². The van der Waals surface area contributed by atoms with Crippen LogP contribution in [0.5, 0.6) is 0 Å². The van der Waals surface area contributed by atoms with Gasteiger partial charge in [-0.1, -0.05) is 0 Å². The number of hydrogen-bond donors (Lipinski definition) is 0. The summed E-state index contributed by atoms with van der Waals surface area (Å²) >= 11 is 28.0. The predicted octanol–water partition coefficient (Wildman–Crippen LogP) is 2.14. The van der Waals surface area contributed by atoms with Crippen molar-refractivity contribution in [2.24, 2.45) is 0 Å². The van der Waals surface area contributed by atoms with Gasteiger partial charge in [-0.15, -0.1) is 56.4 Å². The molecule has 0 nitrogen and oxygen atoms in total. The summed E-state index contributed by atoms with van der Waals surface area (Å²) in [5.74, 6) is 0. The first-order valence-corrected chi connectivity index (χ1v) is 9.46. The molecule has 0 aromatic rings. The fourth-order valence-corrected chi connectivity index (χ4v) is 5.41. The standard InChI is InChI=1S/C2H5Cl5Si2/c3-2(4,1-8)9(5,6)7/h1H2,8H3. The summed E-state index contributed by atoms with van der Waals surface area (Å²) in [6, 6.07) is -2.31. The Morgan fingerprint density at radius 3 is 1.56 bits per heavy atom. The van der Waals surface area contributed by atoms with Gasteiger partial charge in [0.1, 0.15) is 3.96 Å².